The maximum atomic E-state index is 3.87. The van der Waals surface area contributed by atoms with Gasteiger partial charge in [-0.2, -0.15) is 0 Å². The first kappa shape index (κ1) is 11.8. The molecule has 2 rings (SSSR count). The molecule has 1 heteroatoms. The molecule has 0 radical (unpaired) electrons. The molecule has 0 aliphatic heterocycles. The molecule has 1 aromatic carbocycles. The van der Waals surface area contributed by atoms with Crippen molar-refractivity contribution >= 4 is 11.8 Å². The highest BCUT2D eigenvalue weighted by molar-refractivity contribution is 7.99. The van der Waals surface area contributed by atoms with Crippen LogP contribution < -0.4 is 0 Å². The lowest BCUT2D eigenvalue weighted by atomic mass is 9.95. The third kappa shape index (κ3) is 3.15. The van der Waals surface area contributed by atoms with Gasteiger partial charge in [0.05, 0.1) is 0 Å². The van der Waals surface area contributed by atoms with Gasteiger partial charge >= 0.3 is 0 Å². The standard InChI is InChI=1S/C15H20S/c1-2-7-13-8-6-9-14(13)12-16-15-10-4-3-5-11-15/h2-5,10-11,13-14H,1,6-9,12H2/t13-,14+/m1/s1. The van der Waals surface area contributed by atoms with E-state index in [2.05, 4.69) is 43.0 Å². The highest BCUT2D eigenvalue weighted by atomic mass is 32.2. The Balaban J connectivity index is 1.83. The van der Waals surface area contributed by atoms with Crippen LogP contribution in [0.1, 0.15) is 25.7 Å². The van der Waals surface area contributed by atoms with Gasteiger partial charge in [0, 0.05) is 10.6 Å². The Labute approximate surface area is 103 Å². The summed E-state index contributed by atoms with van der Waals surface area (Å²) in [6.45, 7) is 3.87. The molecular formula is C15H20S. The predicted molar refractivity (Wildman–Crippen MR) is 72.8 cm³/mol. The van der Waals surface area contributed by atoms with Crippen LogP contribution in [0.4, 0.5) is 0 Å². The minimum absolute atomic E-state index is 0.897. The molecule has 1 saturated carbocycles. The van der Waals surface area contributed by atoms with E-state index in [1.165, 1.54) is 36.3 Å². The van der Waals surface area contributed by atoms with E-state index in [1.807, 2.05) is 11.8 Å². The average Bonchev–Trinajstić information content (AvgIpc) is 2.76. The molecule has 0 aromatic heterocycles. The number of rotatable bonds is 5. The number of benzene rings is 1. The summed E-state index contributed by atoms with van der Waals surface area (Å²) in [6.07, 6.45) is 7.54. The molecule has 16 heavy (non-hydrogen) atoms. The molecule has 0 heterocycles. The van der Waals surface area contributed by atoms with E-state index in [4.69, 9.17) is 0 Å². The van der Waals surface area contributed by atoms with Crippen LogP contribution in [-0.4, -0.2) is 5.75 Å². The van der Waals surface area contributed by atoms with E-state index in [0.717, 1.165) is 11.8 Å². The number of hydrogen-bond acceptors (Lipinski definition) is 1. The third-order valence-corrected chi connectivity index (χ3v) is 4.69. The van der Waals surface area contributed by atoms with Gasteiger partial charge in [-0.1, -0.05) is 30.7 Å². The van der Waals surface area contributed by atoms with Crippen LogP contribution in [0, 0.1) is 11.8 Å². The zero-order chi connectivity index (χ0) is 11.2. The summed E-state index contributed by atoms with van der Waals surface area (Å²) in [7, 11) is 0. The summed E-state index contributed by atoms with van der Waals surface area (Å²) in [5.41, 5.74) is 0. The Kier molecular flexibility index (Phi) is 4.53. The van der Waals surface area contributed by atoms with Gasteiger partial charge in [0.2, 0.25) is 0 Å². The Morgan fingerprint density at radius 3 is 2.69 bits per heavy atom. The largest absolute Gasteiger partial charge is 0.126 e. The fourth-order valence-corrected chi connectivity index (χ4v) is 3.77. The molecule has 1 fully saturated rings. The van der Waals surface area contributed by atoms with Crippen molar-refractivity contribution in [1.29, 1.82) is 0 Å². The van der Waals surface area contributed by atoms with Crippen molar-refractivity contribution in [3.8, 4) is 0 Å². The topological polar surface area (TPSA) is 0 Å². The number of allylic oxidation sites excluding steroid dienone is 1. The smallest absolute Gasteiger partial charge is 0.00720 e. The zero-order valence-corrected chi connectivity index (χ0v) is 10.6. The van der Waals surface area contributed by atoms with Crippen LogP contribution >= 0.6 is 11.8 Å². The average molecular weight is 232 g/mol. The van der Waals surface area contributed by atoms with Gasteiger partial charge < -0.3 is 0 Å². The lowest BCUT2D eigenvalue weighted by molar-refractivity contribution is 0.431. The molecule has 0 N–H and O–H groups in total. The van der Waals surface area contributed by atoms with Gasteiger partial charge in [-0.3, -0.25) is 0 Å². The molecule has 1 aliphatic rings. The van der Waals surface area contributed by atoms with Crippen LogP contribution in [-0.2, 0) is 0 Å². The lowest BCUT2D eigenvalue weighted by Crippen LogP contribution is -2.09. The van der Waals surface area contributed by atoms with Crippen LogP contribution in [0.5, 0.6) is 0 Å². The normalized spacial score (nSPS) is 24.5. The van der Waals surface area contributed by atoms with E-state index in [0.29, 0.717) is 0 Å². The van der Waals surface area contributed by atoms with E-state index in [9.17, 15) is 0 Å². The quantitative estimate of drug-likeness (QED) is 0.520. The summed E-state index contributed by atoms with van der Waals surface area (Å²) >= 11 is 2.01. The maximum Gasteiger partial charge on any atom is 0.00720 e. The SMILES string of the molecule is C=CC[C@@H]1CCC[C@H]1CSc1ccccc1. The maximum absolute atomic E-state index is 3.87. The Morgan fingerprint density at radius 1 is 1.19 bits per heavy atom. The van der Waals surface area contributed by atoms with Crippen LogP contribution in [0.3, 0.4) is 0 Å². The van der Waals surface area contributed by atoms with Gasteiger partial charge in [-0.05, 0) is 43.2 Å². The first-order chi connectivity index (χ1) is 7.90. The van der Waals surface area contributed by atoms with Crippen LogP contribution in [0.25, 0.3) is 0 Å². The monoisotopic (exact) mass is 232 g/mol. The van der Waals surface area contributed by atoms with Crippen molar-refractivity contribution in [2.45, 2.75) is 30.6 Å². The van der Waals surface area contributed by atoms with Crippen molar-refractivity contribution in [1.82, 2.24) is 0 Å². The minimum atomic E-state index is 0.897. The minimum Gasteiger partial charge on any atom is -0.126 e. The summed E-state index contributed by atoms with van der Waals surface area (Å²) in [4.78, 5) is 1.41. The van der Waals surface area contributed by atoms with Crippen molar-refractivity contribution in [3.05, 3.63) is 43.0 Å². The summed E-state index contributed by atoms with van der Waals surface area (Å²) in [5, 5.41) is 0. The van der Waals surface area contributed by atoms with Gasteiger partial charge in [0.25, 0.3) is 0 Å². The Bertz CT molecular complexity index is 317. The molecule has 2 atom stereocenters. The Morgan fingerprint density at radius 2 is 1.94 bits per heavy atom. The lowest BCUT2D eigenvalue weighted by Gasteiger charge is -2.17. The van der Waals surface area contributed by atoms with E-state index < -0.39 is 0 Å². The summed E-state index contributed by atoms with van der Waals surface area (Å²) in [5.74, 6) is 3.08. The first-order valence-electron chi connectivity index (χ1n) is 6.19. The summed E-state index contributed by atoms with van der Waals surface area (Å²) in [6, 6.07) is 10.8. The predicted octanol–water partition coefficient (Wildman–Crippen LogP) is 4.77. The van der Waals surface area contributed by atoms with Gasteiger partial charge in [0.1, 0.15) is 0 Å². The fourth-order valence-electron chi connectivity index (χ4n) is 2.58. The fraction of sp³-hybridized carbons (Fsp3) is 0.467. The molecule has 86 valence electrons. The van der Waals surface area contributed by atoms with Gasteiger partial charge in [-0.15, -0.1) is 18.3 Å². The molecule has 0 saturated heterocycles. The molecule has 0 unspecified atom stereocenters. The molecular weight excluding hydrogens is 212 g/mol. The molecule has 1 aliphatic carbocycles. The van der Waals surface area contributed by atoms with Crippen molar-refractivity contribution < 1.29 is 0 Å². The molecule has 0 spiro atoms. The second-order valence-electron chi connectivity index (χ2n) is 4.60. The molecule has 1 aromatic rings. The van der Waals surface area contributed by atoms with E-state index >= 15 is 0 Å². The van der Waals surface area contributed by atoms with Crippen molar-refractivity contribution in [3.63, 3.8) is 0 Å². The third-order valence-electron chi connectivity index (χ3n) is 3.49. The van der Waals surface area contributed by atoms with Gasteiger partial charge in [-0.25, -0.2) is 0 Å². The number of hydrogen-bond donors (Lipinski definition) is 0. The Hall–Kier alpha value is -0.690. The highest BCUT2D eigenvalue weighted by Crippen LogP contribution is 2.37. The second kappa shape index (κ2) is 6.15. The highest BCUT2D eigenvalue weighted by Gasteiger charge is 2.25. The second-order valence-corrected chi connectivity index (χ2v) is 5.69. The molecule has 0 bridgehead atoms. The van der Waals surface area contributed by atoms with Crippen molar-refractivity contribution in [2.24, 2.45) is 11.8 Å². The van der Waals surface area contributed by atoms with Crippen molar-refractivity contribution in [2.75, 3.05) is 5.75 Å². The molecule has 0 nitrogen and oxygen atoms in total. The zero-order valence-electron chi connectivity index (χ0n) is 9.77. The summed E-state index contributed by atoms with van der Waals surface area (Å²) < 4.78 is 0. The first-order valence-corrected chi connectivity index (χ1v) is 7.17. The van der Waals surface area contributed by atoms with E-state index in [-0.39, 0.29) is 0 Å². The molecule has 0 amide bonds. The van der Waals surface area contributed by atoms with Crippen LogP contribution in [0.2, 0.25) is 0 Å². The van der Waals surface area contributed by atoms with Gasteiger partial charge in [0.15, 0.2) is 0 Å². The van der Waals surface area contributed by atoms with E-state index in [1.54, 1.807) is 0 Å². The van der Waals surface area contributed by atoms with Crippen LogP contribution in [0.15, 0.2) is 47.9 Å². The number of thioether (sulfide) groups is 1.